The quantitative estimate of drug-likeness (QED) is 0.353. The highest BCUT2D eigenvalue weighted by atomic mass is 19.1. The summed E-state index contributed by atoms with van der Waals surface area (Å²) in [7, 11) is 1.60. The summed E-state index contributed by atoms with van der Waals surface area (Å²) in [4.78, 5) is 6.64. The molecule has 1 saturated heterocycles. The Hall–Kier alpha value is -2.88. The number of aliphatic hydroxyl groups is 2. The standard InChI is InChI=1S/C28H34F3N3O3/c1-18-16-33-24-4-3-20(37-2)15-21(24)26(18)25(36)5-6-28(17-35)7-10-34(11-8-28)12-9-32-27-22(30)13-19(29)14-23(27)31/h3-4,13-16,25,32,35-36H,5-12,17H2,1-2H3/t25-/m0/s1. The molecule has 0 amide bonds. The van der Waals surface area contributed by atoms with Gasteiger partial charge in [-0.25, -0.2) is 13.2 Å². The van der Waals surface area contributed by atoms with Crippen molar-refractivity contribution in [3.63, 3.8) is 0 Å². The van der Waals surface area contributed by atoms with Crippen LogP contribution in [0.25, 0.3) is 10.9 Å². The van der Waals surface area contributed by atoms with Crippen molar-refractivity contribution in [2.75, 3.05) is 45.2 Å². The SMILES string of the molecule is COc1ccc2ncc(C)c([C@@H](O)CCC3(CO)CCN(CCNc4c(F)cc(F)cc4F)CC3)c2c1. The van der Waals surface area contributed by atoms with E-state index in [1.165, 1.54) is 0 Å². The molecule has 200 valence electrons. The Morgan fingerprint density at radius 2 is 1.84 bits per heavy atom. The van der Waals surface area contributed by atoms with E-state index < -0.39 is 23.6 Å². The van der Waals surface area contributed by atoms with Gasteiger partial charge in [0.25, 0.3) is 0 Å². The number of methoxy groups -OCH3 is 1. The van der Waals surface area contributed by atoms with Crippen molar-refractivity contribution >= 4 is 16.6 Å². The molecular formula is C28H34F3N3O3. The minimum Gasteiger partial charge on any atom is -0.497 e. The minimum atomic E-state index is -0.954. The van der Waals surface area contributed by atoms with Crippen molar-refractivity contribution in [3.8, 4) is 5.75 Å². The lowest BCUT2D eigenvalue weighted by molar-refractivity contribution is 0.0247. The maximum Gasteiger partial charge on any atom is 0.152 e. The van der Waals surface area contributed by atoms with Gasteiger partial charge in [0.15, 0.2) is 11.6 Å². The van der Waals surface area contributed by atoms with Crippen LogP contribution in [-0.2, 0) is 0 Å². The summed E-state index contributed by atoms with van der Waals surface area (Å²) in [5, 5.41) is 25.0. The van der Waals surface area contributed by atoms with Crippen molar-refractivity contribution in [1.29, 1.82) is 0 Å². The topological polar surface area (TPSA) is 77.8 Å². The first-order valence-electron chi connectivity index (χ1n) is 12.6. The van der Waals surface area contributed by atoms with Crippen LogP contribution in [0.15, 0.2) is 36.5 Å². The largest absolute Gasteiger partial charge is 0.497 e. The summed E-state index contributed by atoms with van der Waals surface area (Å²) in [5.41, 5.74) is 1.91. The van der Waals surface area contributed by atoms with E-state index in [1.807, 2.05) is 25.1 Å². The van der Waals surface area contributed by atoms with E-state index in [0.29, 0.717) is 43.8 Å². The number of nitrogens with zero attached hydrogens (tertiary/aromatic N) is 2. The zero-order valence-corrected chi connectivity index (χ0v) is 21.2. The van der Waals surface area contributed by atoms with Gasteiger partial charge in [-0.05, 0) is 80.4 Å². The van der Waals surface area contributed by atoms with Gasteiger partial charge < -0.3 is 25.2 Å². The zero-order chi connectivity index (χ0) is 26.6. The second-order valence-corrected chi connectivity index (χ2v) is 9.96. The Kier molecular flexibility index (Phi) is 8.56. The number of hydrogen-bond acceptors (Lipinski definition) is 6. The van der Waals surface area contributed by atoms with Crippen LogP contribution in [0.3, 0.4) is 0 Å². The molecule has 0 aliphatic carbocycles. The highest BCUT2D eigenvalue weighted by Gasteiger charge is 2.34. The van der Waals surface area contributed by atoms with Crippen LogP contribution < -0.4 is 10.1 Å². The van der Waals surface area contributed by atoms with Crippen molar-refractivity contribution in [2.24, 2.45) is 5.41 Å². The molecule has 1 aliphatic heterocycles. The first-order chi connectivity index (χ1) is 17.7. The van der Waals surface area contributed by atoms with Crippen LogP contribution in [-0.4, -0.2) is 60.0 Å². The van der Waals surface area contributed by atoms with Crippen LogP contribution in [0.2, 0.25) is 0 Å². The van der Waals surface area contributed by atoms with Crippen molar-refractivity contribution in [2.45, 2.75) is 38.7 Å². The Balaban J connectivity index is 1.33. The van der Waals surface area contributed by atoms with Crippen LogP contribution in [0.5, 0.6) is 5.75 Å². The average molecular weight is 518 g/mol. The average Bonchev–Trinajstić information content (AvgIpc) is 2.89. The highest BCUT2D eigenvalue weighted by Crippen LogP contribution is 2.39. The van der Waals surface area contributed by atoms with Gasteiger partial charge in [0, 0.05) is 43.4 Å². The number of likely N-dealkylation sites (tertiary alicyclic amines) is 1. The van der Waals surface area contributed by atoms with Gasteiger partial charge in [-0.1, -0.05) is 0 Å². The molecule has 2 aromatic carbocycles. The van der Waals surface area contributed by atoms with Crippen LogP contribution in [0.1, 0.15) is 42.9 Å². The number of pyridine rings is 1. The lowest BCUT2D eigenvalue weighted by Crippen LogP contribution is -2.43. The molecule has 3 aromatic rings. The number of anilines is 1. The smallest absolute Gasteiger partial charge is 0.152 e. The lowest BCUT2D eigenvalue weighted by atomic mass is 9.74. The second kappa shape index (κ2) is 11.7. The van der Waals surface area contributed by atoms with Gasteiger partial charge in [0.1, 0.15) is 17.3 Å². The van der Waals surface area contributed by atoms with Gasteiger partial charge in [-0.2, -0.15) is 0 Å². The molecule has 2 heterocycles. The molecule has 0 radical (unpaired) electrons. The molecule has 1 aliphatic rings. The second-order valence-electron chi connectivity index (χ2n) is 9.96. The Morgan fingerprint density at radius 1 is 1.14 bits per heavy atom. The van der Waals surface area contributed by atoms with E-state index in [2.05, 4.69) is 15.2 Å². The summed E-state index contributed by atoms with van der Waals surface area (Å²) >= 11 is 0. The minimum absolute atomic E-state index is 0.0295. The fraction of sp³-hybridized carbons (Fsp3) is 0.464. The molecule has 0 unspecified atom stereocenters. The fourth-order valence-electron chi connectivity index (χ4n) is 5.24. The fourth-order valence-corrected chi connectivity index (χ4v) is 5.24. The Labute approximate surface area is 215 Å². The number of nitrogens with one attached hydrogen (secondary N) is 1. The molecule has 1 fully saturated rings. The lowest BCUT2D eigenvalue weighted by Gasteiger charge is -2.41. The normalized spacial score (nSPS) is 16.6. The van der Waals surface area contributed by atoms with Crippen LogP contribution in [0, 0.1) is 29.8 Å². The highest BCUT2D eigenvalue weighted by molar-refractivity contribution is 5.84. The molecule has 0 spiro atoms. The van der Waals surface area contributed by atoms with E-state index in [0.717, 1.165) is 48.0 Å². The Bertz CT molecular complexity index is 1210. The van der Waals surface area contributed by atoms with E-state index in [-0.39, 0.29) is 17.7 Å². The monoisotopic (exact) mass is 517 g/mol. The number of aromatic nitrogens is 1. The summed E-state index contributed by atoms with van der Waals surface area (Å²) in [5.74, 6) is -2.16. The maximum absolute atomic E-state index is 13.8. The molecule has 4 rings (SSSR count). The Morgan fingerprint density at radius 3 is 2.49 bits per heavy atom. The molecule has 1 atom stereocenters. The summed E-state index contributed by atoms with van der Waals surface area (Å²) in [6.45, 7) is 4.28. The number of aryl methyl sites for hydroxylation is 1. The number of benzene rings is 2. The number of fused-ring (bicyclic) bond motifs is 1. The number of piperidine rings is 1. The van der Waals surface area contributed by atoms with Crippen LogP contribution >= 0.6 is 0 Å². The summed E-state index contributed by atoms with van der Waals surface area (Å²) in [6, 6.07) is 6.93. The molecule has 0 saturated carbocycles. The van der Waals surface area contributed by atoms with Crippen LogP contribution in [0.4, 0.5) is 18.9 Å². The van der Waals surface area contributed by atoms with Crippen molar-refractivity contribution in [1.82, 2.24) is 9.88 Å². The first-order valence-corrected chi connectivity index (χ1v) is 12.6. The number of rotatable bonds is 10. The molecule has 6 nitrogen and oxygen atoms in total. The zero-order valence-electron chi connectivity index (χ0n) is 21.2. The van der Waals surface area contributed by atoms with E-state index in [4.69, 9.17) is 4.74 Å². The third-order valence-electron chi connectivity index (χ3n) is 7.59. The van der Waals surface area contributed by atoms with Gasteiger partial charge in [-0.3, -0.25) is 4.98 Å². The van der Waals surface area contributed by atoms with Crippen molar-refractivity contribution in [3.05, 3.63) is 65.1 Å². The van der Waals surface area contributed by atoms with E-state index in [9.17, 15) is 23.4 Å². The predicted octanol–water partition coefficient (Wildman–Crippen LogP) is 4.97. The molecule has 3 N–H and O–H groups in total. The maximum atomic E-state index is 13.8. The molecule has 0 bridgehead atoms. The van der Waals surface area contributed by atoms with E-state index in [1.54, 1.807) is 13.3 Å². The number of halogens is 3. The molecule has 37 heavy (non-hydrogen) atoms. The third-order valence-corrected chi connectivity index (χ3v) is 7.59. The molecule has 9 heteroatoms. The van der Waals surface area contributed by atoms with Gasteiger partial charge >= 0.3 is 0 Å². The predicted molar refractivity (Wildman–Crippen MR) is 137 cm³/mol. The third kappa shape index (κ3) is 6.17. The first kappa shape index (κ1) is 27.2. The van der Waals surface area contributed by atoms with Gasteiger partial charge in [0.2, 0.25) is 0 Å². The summed E-state index contributed by atoms with van der Waals surface area (Å²) < 4.78 is 46.1. The van der Waals surface area contributed by atoms with E-state index >= 15 is 0 Å². The van der Waals surface area contributed by atoms with Crippen molar-refractivity contribution < 1.29 is 28.1 Å². The number of hydrogen-bond donors (Lipinski definition) is 3. The summed E-state index contributed by atoms with van der Waals surface area (Å²) in [6.07, 6.45) is 3.73. The number of aliphatic hydroxyl groups excluding tert-OH is 2. The molecule has 1 aromatic heterocycles. The van der Waals surface area contributed by atoms with Gasteiger partial charge in [0.05, 0.1) is 18.7 Å². The number of ether oxygens (including phenoxy) is 1. The molecular weight excluding hydrogens is 483 g/mol. The van der Waals surface area contributed by atoms with Gasteiger partial charge in [-0.15, -0.1) is 0 Å².